The summed E-state index contributed by atoms with van der Waals surface area (Å²) in [4.78, 5) is 12.6. The van der Waals surface area contributed by atoms with E-state index in [-0.39, 0.29) is 11.4 Å². The van der Waals surface area contributed by atoms with Crippen LogP contribution in [-0.2, 0) is 4.74 Å². The molecule has 0 bridgehead atoms. The van der Waals surface area contributed by atoms with Gasteiger partial charge in [-0.2, -0.15) is 0 Å². The maximum absolute atomic E-state index is 12.6. The van der Waals surface area contributed by atoms with E-state index in [2.05, 4.69) is 20.8 Å². The molecule has 38 heavy (non-hydrogen) atoms. The van der Waals surface area contributed by atoms with Crippen LogP contribution in [0.1, 0.15) is 113 Å². The highest BCUT2D eigenvalue weighted by Gasteiger charge is 2.24. The summed E-state index contributed by atoms with van der Waals surface area (Å²) < 4.78 is 17.6. The van der Waals surface area contributed by atoms with Gasteiger partial charge in [0.05, 0.1) is 18.8 Å². The second kappa shape index (κ2) is 17.6. The molecule has 0 N–H and O–H groups in total. The highest BCUT2D eigenvalue weighted by atomic mass is 32.2. The van der Waals surface area contributed by atoms with Gasteiger partial charge >= 0.3 is 5.97 Å². The van der Waals surface area contributed by atoms with Gasteiger partial charge in [0.1, 0.15) is 16.9 Å². The largest absolute Gasteiger partial charge is 0.494 e. The first-order valence-corrected chi connectivity index (χ1v) is 15.9. The fraction of sp³-hybridized carbons (Fsp3) is 0.606. The number of esters is 1. The second-order valence-electron chi connectivity index (χ2n) is 10.8. The van der Waals surface area contributed by atoms with Gasteiger partial charge in [-0.25, -0.2) is 4.79 Å². The summed E-state index contributed by atoms with van der Waals surface area (Å²) in [6.45, 7) is 8.36. The smallest absolute Gasteiger partial charge is 0.343 e. The van der Waals surface area contributed by atoms with Crippen LogP contribution in [-0.4, -0.2) is 24.9 Å². The maximum atomic E-state index is 12.6. The third-order valence-corrected chi connectivity index (χ3v) is 8.74. The SMILES string of the molecule is CCCCCCCCCCCOc1ccc(OC(=O)c2ccc(C3OCC(CC(C)CC)CS3)cc2)cc1. The minimum atomic E-state index is -0.356. The molecule has 0 aliphatic carbocycles. The van der Waals surface area contributed by atoms with Crippen LogP contribution in [0, 0.1) is 11.8 Å². The van der Waals surface area contributed by atoms with Crippen LogP contribution in [0.15, 0.2) is 48.5 Å². The van der Waals surface area contributed by atoms with E-state index >= 15 is 0 Å². The molecule has 0 amide bonds. The zero-order valence-electron chi connectivity index (χ0n) is 23.8. The van der Waals surface area contributed by atoms with Crippen LogP contribution >= 0.6 is 11.8 Å². The van der Waals surface area contributed by atoms with Gasteiger partial charge in [0.2, 0.25) is 0 Å². The Labute approximate surface area is 235 Å². The van der Waals surface area contributed by atoms with E-state index in [9.17, 15) is 4.79 Å². The lowest BCUT2D eigenvalue weighted by molar-refractivity contribution is 0.0689. The van der Waals surface area contributed by atoms with Crippen LogP contribution in [0.2, 0.25) is 0 Å². The Bertz CT molecular complexity index is 904. The topological polar surface area (TPSA) is 44.8 Å². The van der Waals surface area contributed by atoms with Gasteiger partial charge in [0.25, 0.3) is 0 Å². The highest BCUT2D eigenvalue weighted by molar-refractivity contribution is 7.99. The number of hydrogen-bond acceptors (Lipinski definition) is 5. The number of rotatable bonds is 17. The summed E-state index contributed by atoms with van der Waals surface area (Å²) in [5.41, 5.74) is 1.67. The summed E-state index contributed by atoms with van der Waals surface area (Å²) in [5.74, 6) is 3.48. The molecular formula is C33H48O4S. The van der Waals surface area contributed by atoms with Gasteiger partial charge in [-0.05, 0) is 66.6 Å². The molecule has 0 radical (unpaired) electrons. The molecule has 4 nitrogen and oxygen atoms in total. The Hall–Kier alpha value is -1.98. The van der Waals surface area contributed by atoms with Crippen molar-refractivity contribution in [2.75, 3.05) is 19.0 Å². The Balaban J connectivity index is 1.33. The zero-order chi connectivity index (χ0) is 27.0. The highest BCUT2D eigenvalue weighted by Crippen LogP contribution is 2.38. The van der Waals surface area contributed by atoms with Gasteiger partial charge in [0.15, 0.2) is 0 Å². The van der Waals surface area contributed by atoms with Crippen molar-refractivity contribution in [1.29, 1.82) is 0 Å². The van der Waals surface area contributed by atoms with E-state index in [0.29, 0.717) is 17.2 Å². The fourth-order valence-electron chi connectivity index (χ4n) is 4.76. The molecule has 0 saturated carbocycles. The average molecular weight is 541 g/mol. The van der Waals surface area contributed by atoms with Gasteiger partial charge in [-0.15, -0.1) is 11.8 Å². The van der Waals surface area contributed by atoms with E-state index in [1.807, 2.05) is 48.2 Å². The summed E-state index contributed by atoms with van der Waals surface area (Å²) in [6, 6.07) is 14.9. The third kappa shape index (κ3) is 11.0. The second-order valence-corrected chi connectivity index (χ2v) is 11.9. The first kappa shape index (κ1) is 30.6. The molecule has 1 aliphatic heterocycles. The molecule has 3 atom stereocenters. The van der Waals surface area contributed by atoms with Crippen LogP contribution in [0.3, 0.4) is 0 Å². The van der Waals surface area contributed by atoms with Crippen molar-refractivity contribution in [3.63, 3.8) is 0 Å². The minimum absolute atomic E-state index is 0.0383. The normalized spacial score (nSPS) is 18.2. The van der Waals surface area contributed by atoms with Crippen molar-refractivity contribution in [2.45, 2.75) is 96.8 Å². The molecule has 3 rings (SSSR count). The number of benzene rings is 2. The lowest BCUT2D eigenvalue weighted by Crippen LogP contribution is -2.22. The van der Waals surface area contributed by atoms with Crippen molar-refractivity contribution in [3.8, 4) is 11.5 Å². The predicted octanol–water partition coefficient (Wildman–Crippen LogP) is 9.63. The van der Waals surface area contributed by atoms with E-state index in [4.69, 9.17) is 14.2 Å². The molecule has 1 fully saturated rings. The number of ether oxygens (including phenoxy) is 3. The Morgan fingerprint density at radius 3 is 2.13 bits per heavy atom. The number of carbonyl (C=O) groups is 1. The van der Waals surface area contributed by atoms with Gasteiger partial charge in [-0.3, -0.25) is 0 Å². The van der Waals surface area contributed by atoms with Crippen molar-refractivity contribution in [1.82, 2.24) is 0 Å². The van der Waals surface area contributed by atoms with Crippen molar-refractivity contribution >= 4 is 17.7 Å². The quantitative estimate of drug-likeness (QED) is 0.113. The monoisotopic (exact) mass is 540 g/mol. The zero-order valence-corrected chi connectivity index (χ0v) is 24.6. The molecule has 0 spiro atoms. The summed E-state index contributed by atoms with van der Waals surface area (Å²) in [7, 11) is 0. The summed E-state index contributed by atoms with van der Waals surface area (Å²) in [6.07, 6.45) is 14.2. The summed E-state index contributed by atoms with van der Waals surface area (Å²) in [5, 5.41) is 0. The van der Waals surface area contributed by atoms with Crippen molar-refractivity contribution < 1.29 is 19.0 Å². The van der Waals surface area contributed by atoms with E-state index in [0.717, 1.165) is 42.6 Å². The van der Waals surface area contributed by atoms with Crippen LogP contribution < -0.4 is 9.47 Å². The Morgan fingerprint density at radius 2 is 1.53 bits per heavy atom. The molecule has 5 heteroatoms. The van der Waals surface area contributed by atoms with Crippen LogP contribution in [0.5, 0.6) is 11.5 Å². The van der Waals surface area contributed by atoms with Crippen LogP contribution in [0.4, 0.5) is 0 Å². The van der Waals surface area contributed by atoms with Crippen molar-refractivity contribution in [2.24, 2.45) is 11.8 Å². The standard InChI is InChI=1S/C33H48O4S/c1-4-6-7-8-9-10-11-12-13-22-35-30-18-20-31(21-19-30)37-32(34)28-14-16-29(17-15-28)33-36-24-27(25-38-33)23-26(3)5-2/h14-21,26-27,33H,4-13,22-25H2,1-3H3. The van der Waals surface area contributed by atoms with Gasteiger partial charge in [0, 0.05) is 5.75 Å². The van der Waals surface area contributed by atoms with Gasteiger partial charge in [-0.1, -0.05) is 90.7 Å². The Kier molecular flexibility index (Phi) is 14.1. The van der Waals surface area contributed by atoms with Crippen molar-refractivity contribution in [3.05, 3.63) is 59.7 Å². The van der Waals surface area contributed by atoms with E-state index < -0.39 is 0 Å². The van der Waals surface area contributed by atoms with E-state index in [1.165, 1.54) is 64.2 Å². The molecule has 1 aliphatic rings. The lowest BCUT2D eigenvalue weighted by atomic mass is 9.96. The predicted molar refractivity (Wildman–Crippen MR) is 159 cm³/mol. The number of unbranched alkanes of at least 4 members (excludes halogenated alkanes) is 8. The molecular weight excluding hydrogens is 492 g/mol. The Morgan fingerprint density at radius 1 is 0.895 bits per heavy atom. The number of thioether (sulfide) groups is 1. The van der Waals surface area contributed by atoms with Crippen LogP contribution in [0.25, 0.3) is 0 Å². The fourth-order valence-corrected chi connectivity index (χ4v) is 5.96. The third-order valence-electron chi connectivity index (χ3n) is 7.37. The molecule has 1 saturated heterocycles. The molecule has 2 aromatic rings. The first-order valence-electron chi connectivity index (χ1n) is 14.9. The number of hydrogen-bond donors (Lipinski definition) is 0. The maximum Gasteiger partial charge on any atom is 0.343 e. The summed E-state index contributed by atoms with van der Waals surface area (Å²) >= 11 is 1.86. The first-order chi connectivity index (χ1) is 18.6. The molecule has 2 aromatic carbocycles. The minimum Gasteiger partial charge on any atom is -0.494 e. The molecule has 1 heterocycles. The molecule has 210 valence electrons. The molecule has 0 aromatic heterocycles. The van der Waals surface area contributed by atoms with Gasteiger partial charge < -0.3 is 14.2 Å². The lowest BCUT2D eigenvalue weighted by Gasteiger charge is -2.30. The number of carbonyl (C=O) groups excluding carboxylic acids is 1. The molecule has 3 unspecified atom stereocenters. The van der Waals surface area contributed by atoms with E-state index in [1.54, 1.807) is 12.1 Å². The average Bonchev–Trinajstić information content (AvgIpc) is 2.95.